The molecule has 0 saturated heterocycles. The zero-order valence-corrected chi connectivity index (χ0v) is 25.1. The minimum atomic E-state index is -0.137. The SMILES string of the molecule is N#Cc1c(-c2ccc(Cl)cc2)cc(-c2ccc(Cl)cc2)nc1SCC(=O)N(c1ccccc1)c1ccc2ccccc2c1. The van der Waals surface area contributed by atoms with Gasteiger partial charge in [0, 0.05) is 32.5 Å². The van der Waals surface area contributed by atoms with E-state index < -0.39 is 0 Å². The molecule has 0 spiro atoms. The number of amides is 1. The lowest BCUT2D eigenvalue weighted by Crippen LogP contribution is -2.27. The molecule has 0 saturated carbocycles. The van der Waals surface area contributed by atoms with Crippen LogP contribution in [0.15, 0.2) is 132 Å². The Morgan fingerprint density at radius 2 is 1.35 bits per heavy atom. The summed E-state index contributed by atoms with van der Waals surface area (Å²) < 4.78 is 0. The Morgan fingerprint density at radius 3 is 2.02 bits per heavy atom. The largest absolute Gasteiger partial charge is 0.280 e. The van der Waals surface area contributed by atoms with E-state index in [1.807, 2.05) is 103 Å². The fraction of sp³-hybridized carbons (Fsp3) is 0.0278. The van der Waals surface area contributed by atoms with Crippen molar-refractivity contribution in [2.45, 2.75) is 5.03 Å². The minimum Gasteiger partial charge on any atom is -0.280 e. The van der Waals surface area contributed by atoms with Crippen molar-refractivity contribution in [2.24, 2.45) is 0 Å². The number of aromatic nitrogens is 1. The molecule has 0 unspecified atom stereocenters. The van der Waals surface area contributed by atoms with E-state index >= 15 is 0 Å². The summed E-state index contributed by atoms with van der Waals surface area (Å²) in [6.07, 6.45) is 0. The maximum absolute atomic E-state index is 14.0. The van der Waals surface area contributed by atoms with Crippen LogP contribution in [0, 0.1) is 11.3 Å². The Morgan fingerprint density at radius 1 is 0.721 bits per heavy atom. The van der Waals surface area contributed by atoms with Crippen molar-refractivity contribution < 1.29 is 4.79 Å². The molecule has 0 aliphatic heterocycles. The summed E-state index contributed by atoms with van der Waals surface area (Å²) in [6.45, 7) is 0. The number of thioether (sulfide) groups is 1. The van der Waals surface area contributed by atoms with Gasteiger partial charge in [-0.3, -0.25) is 9.69 Å². The number of halogens is 2. The quantitative estimate of drug-likeness (QED) is 0.168. The number of nitriles is 1. The predicted octanol–water partition coefficient (Wildman–Crippen LogP) is 10.2. The number of para-hydroxylation sites is 1. The van der Waals surface area contributed by atoms with Gasteiger partial charge in [0.1, 0.15) is 11.1 Å². The summed E-state index contributed by atoms with van der Waals surface area (Å²) in [6, 6.07) is 42.6. The molecule has 1 aromatic heterocycles. The van der Waals surface area contributed by atoms with Gasteiger partial charge in [-0.05, 0) is 70.9 Å². The van der Waals surface area contributed by atoms with E-state index in [4.69, 9.17) is 28.2 Å². The lowest BCUT2D eigenvalue weighted by Gasteiger charge is -2.23. The summed E-state index contributed by atoms with van der Waals surface area (Å²) in [5.74, 6) is -0.0739. The number of nitrogens with zero attached hydrogens (tertiary/aromatic N) is 3. The van der Waals surface area contributed by atoms with Gasteiger partial charge >= 0.3 is 0 Å². The van der Waals surface area contributed by atoms with Crippen molar-refractivity contribution in [3.8, 4) is 28.5 Å². The van der Waals surface area contributed by atoms with Crippen molar-refractivity contribution in [1.29, 1.82) is 5.26 Å². The summed E-state index contributed by atoms with van der Waals surface area (Å²) in [7, 11) is 0. The second kappa shape index (κ2) is 12.7. The molecule has 1 heterocycles. The first-order valence-corrected chi connectivity index (χ1v) is 15.2. The van der Waals surface area contributed by atoms with Crippen LogP contribution in [-0.4, -0.2) is 16.6 Å². The number of hydrogen-bond donors (Lipinski definition) is 0. The number of fused-ring (bicyclic) bond motifs is 1. The van der Waals surface area contributed by atoms with Crippen LogP contribution in [0.4, 0.5) is 11.4 Å². The number of pyridine rings is 1. The van der Waals surface area contributed by atoms with Crippen molar-refractivity contribution in [1.82, 2.24) is 4.98 Å². The Labute approximate surface area is 264 Å². The molecule has 4 nitrogen and oxygen atoms in total. The van der Waals surface area contributed by atoms with Gasteiger partial charge in [-0.1, -0.05) is 108 Å². The third kappa shape index (κ3) is 6.28. The molecule has 0 atom stereocenters. The number of anilines is 2. The van der Waals surface area contributed by atoms with Crippen molar-refractivity contribution in [2.75, 3.05) is 10.7 Å². The molecule has 7 heteroatoms. The van der Waals surface area contributed by atoms with Crippen LogP contribution in [0.1, 0.15) is 5.56 Å². The molecule has 1 amide bonds. The van der Waals surface area contributed by atoms with Crippen LogP contribution in [0.25, 0.3) is 33.2 Å². The van der Waals surface area contributed by atoms with Gasteiger partial charge < -0.3 is 0 Å². The van der Waals surface area contributed by atoms with Crippen molar-refractivity contribution in [3.63, 3.8) is 0 Å². The van der Waals surface area contributed by atoms with Crippen LogP contribution in [0.5, 0.6) is 0 Å². The van der Waals surface area contributed by atoms with Crippen LogP contribution in [0.3, 0.4) is 0 Å². The normalized spacial score (nSPS) is 10.8. The second-order valence-corrected chi connectivity index (χ2v) is 11.6. The van der Waals surface area contributed by atoms with Crippen molar-refractivity contribution in [3.05, 3.63) is 143 Å². The fourth-order valence-electron chi connectivity index (χ4n) is 4.88. The molecule has 43 heavy (non-hydrogen) atoms. The molecule has 0 bridgehead atoms. The first kappa shape index (κ1) is 28.5. The summed E-state index contributed by atoms with van der Waals surface area (Å²) in [5, 5.41) is 14.1. The Bertz CT molecular complexity index is 1970. The van der Waals surface area contributed by atoms with Gasteiger partial charge in [0.25, 0.3) is 0 Å². The summed E-state index contributed by atoms with van der Waals surface area (Å²) in [5.41, 5.74) is 4.98. The van der Waals surface area contributed by atoms with E-state index in [2.05, 4.69) is 6.07 Å². The molecule has 5 aromatic carbocycles. The van der Waals surface area contributed by atoms with Crippen LogP contribution in [0.2, 0.25) is 10.0 Å². The average molecular weight is 617 g/mol. The number of rotatable bonds is 7. The van der Waals surface area contributed by atoms with E-state index in [0.717, 1.165) is 33.3 Å². The molecule has 0 aliphatic rings. The first-order valence-electron chi connectivity index (χ1n) is 13.5. The molecule has 6 aromatic rings. The molecule has 0 aliphatic carbocycles. The summed E-state index contributed by atoms with van der Waals surface area (Å²) >= 11 is 13.6. The number of carbonyl (C=O) groups excluding carboxylic acids is 1. The Balaban J connectivity index is 1.39. The molecule has 208 valence electrons. The molecule has 6 rings (SSSR count). The maximum Gasteiger partial charge on any atom is 0.241 e. The van der Waals surface area contributed by atoms with E-state index in [1.54, 1.807) is 29.2 Å². The van der Waals surface area contributed by atoms with Crippen LogP contribution < -0.4 is 4.90 Å². The predicted molar refractivity (Wildman–Crippen MR) is 178 cm³/mol. The highest BCUT2D eigenvalue weighted by Gasteiger charge is 2.22. The topological polar surface area (TPSA) is 57.0 Å². The van der Waals surface area contributed by atoms with Gasteiger partial charge in [0.2, 0.25) is 5.91 Å². The number of carbonyl (C=O) groups is 1. The van der Waals surface area contributed by atoms with E-state index in [1.165, 1.54) is 11.8 Å². The van der Waals surface area contributed by atoms with Gasteiger partial charge in [0.05, 0.1) is 17.0 Å². The number of hydrogen-bond acceptors (Lipinski definition) is 4. The Hall–Kier alpha value is -4.60. The zero-order chi connectivity index (χ0) is 29.8. The molecule has 0 N–H and O–H groups in total. The number of benzene rings is 5. The fourth-order valence-corrected chi connectivity index (χ4v) is 5.99. The third-order valence-electron chi connectivity index (χ3n) is 6.98. The van der Waals surface area contributed by atoms with Crippen LogP contribution in [-0.2, 0) is 4.79 Å². The van der Waals surface area contributed by atoms with E-state index in [0.29, 0.717) is 31.9 Å². The van der Waals surface area contributed by atoms with Gasteiger partial charge in [-0.2, -0.15) is 5.26 Å². The van der Waals surface area contributed by atoms with Crippen LogP contribution >= 0.6 is 35.0 Å². The average Bonchev–Trinajstić information content (AvgIpc) is 3.04. The standard InChI is InChI=1S/C36H23Cl2N3OS/c37-28-15-10-25(11-16-28)32-21-34(26-12-17-29(38)18-13-26)40-36(33(32)22-39)43-23-35(42)41(30-8-2-1-3-9-30)31-19-14-24-6-4-5-7-27(24)20-31/h1-21H,23H2. The van der Waals surface area contributed by atoms with Gasteiger partial charge in [0.15, 0.2) is 0 Å². The highest BCUT2D eigenvalue weighted by atomic mass is 35.5. The second-order valence-electron chi connectivity index (χ2n) is 9.75. The lowest BCUT2D eigenvalue weighted by molar-refractivity contribution is -0.115. The molecule has 0 fully saturated rings. The third-order valence-corrected chi connectivity index (χ3v) is 8.44. The van der Waals surface area contributed by atoms with Gasteiger partial charge in [-0.15, -0.1) is 0 Å². The summed E-state index contributed by atoms with van der Waals surface area (Å²) in [4.78, 5) is 20.6. The minimum absolute atomic E-state index is 0.0630. The maximum atomic E-state index is 14.0. The van der Waals surface area contributed by atoms with Gasteiger partial charge in [-0.25, -0.2) is 4.98 Å². The lowest BCUT2D eigenvalue weighted by atomic mass is 9.99. The van der Waals surface area contributed by atoms with E-state index in [9.17, 15) is 10.1 Å². The first-order chi connectivity index (χ1) is 21.0. The molecular weight excluding hydrogens is 593 g/mol. The monoisotopic (exact) mass is 615 g/mol. The highest BCUT2D eigenvalue weighted by molar-refractivity contribution is 8.00. The molecule has 0 radical (unpaired) electrons. The zero-order valence-electron chi connectivity index (χ0n) is 22.7. The Kier molecular flexibility index (Phi) is 8.44. The highest BCUT2D eigenvalue weighted by Crippen LogP contribution is 2.36. The van der Waals surface area contributed by atoms with Crippen molar-refractivity contribution >= 4 is 63.0 Å². The molecular formula is C36H23Cl2N3OS. The smallest absolute Gasteiger partial charge is 0.241 e. The van der Waals surface area contributed by atoms with E-state index in [-0.39, 0.29) is 11.7 Å².